The number of aromatic nitrogens is 2. The van der Waals surface area contributed by atoms with Crippen LogP contribution < -0.4 is 10.6 Å². The Balaban J connectivity index is 1.64. The molecule has 1 amide bonds. The van der Waals surface area contributed by atoms with Gasteiger partial charge in [-0.15, -0.1) is 0 Å². The molecule has 0 saturated carbocycles. The van der Waals surface area contributed by atoms with E-state index in [9.17, 15) is 18.0 Å². The molecule has 0 aliphatic carbocycles. The lowest BCUT2D eigenvalue weighted by Gasteiger charge is -2.32. The van der Waals surface area contributed by atoms with E-state index < -0.39 is 24.2 Å². The minimum Gasteiger partial charge on any atom is -0.467 e. The van der Waals surface area contributed by atoms with E-state index in [-0.39, 0.29) is 17.9 Å². The Morgan fingerprint density at radius 3 is 2.72 bits per heavy atom. The molecule has 0 bridgehead atoms. The van der Waals surface area contributed by atoms with Crippen LogP contribution in [0.15, 0.2) is 47.1 Å². The van der Waals surface area contributed by atoms with E-state index >= 15 is 0 Å². The number of hydrogen-bond donors (Lipinski definition) is 2. The van der Waals surface area contributed by atoms with Crippen LogP contribution in [0, 0.1) is 13.8 Å². The molecule has 2 atom stereocenters. The predicted octanol–water partition coefficient (Wildman–Crippen LogP) is 5.01. The van der Waals surface area contributed by atoms with Crippen molar-refractivity contribution in [2.45, 2.75) is 38.5 Å². The van der Waals surface area contributed by atoms with Crippen LogP contribution in [0.25, 0.3) is 0 Å². The predicted molar refractivity (Wildman–Crippen MR) is 101 cm³/mol. The molecule has 29 heavy (non-hydrogen) atoms. The number of rotatable bonds is 3. The molecule has 3 heterocycles. The molecule has 6 nitrogen and oxygen atoms in total. The molecule has 1 aliphatic heterocycles. The van der Waals surface area contributed by atoms with Crippen molar-refractivity contribution < 1.29 is 22.4 Å². The number of amides is 1. The molecule has 9 heteroatoms. The van der Waals surface area contributed by atoms with Gasteiger partial charge in [-0.05, 0) is 37.6 Å². The van der Waals surface area contributed by atoms with Crippen LogP contribution in [0.4, 0.5) is 24.7 Å². The summed E-state index contributed by atoms with van der Waals surface area (Å²) in [6.45, 7) is 3.77. The SMILES string of the molecule is Cc1ccc(NC(=O)c2cc3n(n2)[C@@H](C(F)(F)F)C[C@H](c2ccco2)N3)c(C)c1. The van der Waals surface area contributed by atoms with Crippen molar-refractivity contribution in [3.8, 4) is 0 Å². The summed E-state index contributed by atoms with van der Waals surface area (Å²) >= 11 is 0. The number of carbonyl (C=O) groups excluding carboxylic acids is 1. The summed E-state index contributed by atoms with van der Waals surface area (Å²) in [7, 11) is 0. The summed E-state index contributed by atoms with van der Waals surface area (Å²) in [6.07, 6.45) is -3.40. The number of aryl methyl sites for hydroxylation is 2. The van der Waals surface area contributed by atoms with Gasteiger partial charge in [0.1, 0.15) is 11.6 Å². The van der Waals surface area contributed by atoms with Gasteiger partial charge in [0.25, 0.3) is 5.91 Å². The van der Waals surface area contributed by atoms with Gasteiger partial charge < -0.3 is 15.1 Å². The minimum atomic E-state index is -4.52. The molecule has 0 radical (unpaired) electrons. The summed E-state index contributed by atoms with van der Waals surface area (Å²) in [5.41, 5.74) is 2.38. The van der Waals surface area contributed by atoms with Crippen LogP contribution in [0.1, 0.15) is 45.9 Å². The molecule has 1 aliphatic rings. The fourth-order valence-corrected chi connectivity index (χ4v) is 3.50. The van der Waals surface area contributed by atoms with Gasteiger partial charge in [-0.1, -0.05) is 17.7 Å². The maximum Gasteiger partial charge on any atom is 0.410 e. The Kier molecular flexibility index (Phi) is 4.60. The molecule has 0 saturated heterocycles. The Morgan fingerprint density at radius 2 is 2.07 bits per heavy atom. The molecule has 3 aromatic rings. The van der Waals surface area contributed by atoms with Crippen LogP contribution in [0.5, 0.6) is 0 Å². The van der Waals surface area contributed by atoms with E-state index in [0.717, 1.165) is 15.8 Å². The van der Waals surface area contributed by atoms with Gasteiger partial charge >= 0.3 is 6.18 Å². The number of anilines is 2. The van der Waals surface area contributed by atoms with Gasteiger partial charge in [0.15, 0.2) is 11.7 Å². The summed E-state index contributed by atoms with van der Waals surface area (Å²) < 4.78 is 47.1. The smallest absolute Gasteiger partial charge is 0.410 e. The van der Waals surface area contributed by atoms with E-state index in [1.54, 1.807) is 18.2 Å². The van der Waals surface area contributed by atoms with Crippen LogP contribution in [-0.2, 0) is 0 Å². The van der Waals surface area contributed by atoms with Crippen LogP contribution >= 0.6 is 0 Å². The second kappa shape index (κ2) is 6.98. The topological polar surface area (TPSA) is 72.1 Å². The average molecular weight is 404 g/mol. The Labute approximate surface area is 164 Å². The van der Waals surface area contributed by atoms with Crippen LogP contribution in [0.3, 0.4) is 0 Å². The average Bonchev–Trinajstić information content (AvgIpc) is 3.31. The maximum absolute atomic E-state index is 13.7. The van der Waals surface area contributed by atoms with Crippen molar-refractivity contribution >= 4 is 17.4 Å². The summed E-state index contributed by atoms with van der Waals surface area (Å²) in [5.74, 6) is -0.0603. The fraction of sp³-hybridized carbons (Fsp3) is 0.300. The largest absolute Gasteiger partial charge is 0.467 e. The number of hydrogen-bond acceptors (Lipinski definition) is 4. The third-order valence-electron chi connectivity index (χ3n) is 4.94. The zero-order chi connectivity index (χ0) is 20.8. The molecule has 152 valence electrons. The molecule has 4 rings (SSSR count). The van der Waals surface area contributed by atoms with Crippen molar-refractivity contribution in [2.24, 2.45) is 0 Å². The van der Waals surface area contributed by atoms with E-state index in [4.69, 9.17) is 4.42 Å². The highest BCUT2D eigenvalue weighted by atomic mass is 19.4. The van der Waals surface area contributed by atoms with Gasteiger partial charge in [-0.2, -0.15) is 18.3 Å². The molecular formula is C20H19F3N4O2. The van der Waals surface area contributed by atoms with Crippen molar-refractivity contribution in [3.05, 3.63) is 65.2 Å². The number of nitrogens with one attached hydrogen (secondary N) is 2. The molecule has 1 aromatic carbocycles. The first-order valence-electron chi connectivity index (χ1n) is 9.07. The number of nitrogens with zero attached hydrogens (tertiary/aromatic N) is 2. The standard InChI is InChI=1S/C20H19F3N4O2/c1-11-5-6-13(12(2)8-11)25-19(28)15-10-18-24-14(16-4-3-7-29-16)9-17(20(21,22)23)27(18)26-15/h3-8,10,14,17,24H,9H2,1-2H3,(H,25,28)/t14-,17-/m1/s1. The lowest BCUT2D eigenvalue weighted by Crippen LogP contribution is -2.35. The first-order chi connectivity index (χ1) is 13.7. The van der Waals surface area contributed by atoms with E-state index in [2.05, 4.69) is 15.7 Å². The lowest BCUT2D eigenvalue weighted by molar-refractivity contribution is -0.174. The highest BCUT2D eigenvalue weighted by Crippen LogP contribution is 2.43. The zero-order valence-corrected chi connectivity index (χ0v) is 15.7. The number of carbonyl (C=O) groups is 1. The first-order valence-corrected chi connectivity index (χ1v) is 9.07. The van der Waals surface area contributed by atoms with Crippen molar-refractivity contribution in [1.29, 1.82) is 0 Å². The molecule has 0 spiro atoms. The van der Waals surface area contributed by atoms with Gasteiger partial charge in [0.2, 0.25) is 0 Å². The van der Waals surface area contributed by atoms with Crippen LogP contribution in [-0.4, -0.2) is 21.9 Å². The second-order valence-electron chi connectivity index (χ2n) is 7.14. The Hall–Kier alpha value is -3.23. The number of halogens is 3. The van der Waals surface area contributed by atoms with Gasteiger partial charge in [0, 0.05) is 18.2 Å². The number of furan rings is 1. The summed E-state index contributed by atoms with van der Waals surface area (Å²) in [4.78, 5) is 12.6. The van der Waals surface area contributed by atoms with E-state index in [1.807, 2.05) is 26.0 Å². The van der Waals surface area contributed by atoms with E-state index in [0.29, 0.717) is 11.4 Å². The molecular weight excluding hydrogens is 385 g/mol. The molecule has 0 unspecified atom stereocenters. The highest BCUT2D eigenvalue weighted by Gasteiger charge is 2.47. The molecule has 0 fully saturated rings. The normalized spacial score (nSPS) is 18.8. The molecule has 2 aromatic heterocycles. The van der Waals surface area contributed by atoms with Crippen molar-refractivity contribution in [1.82, 2.24) is 9.78 Å². The van der Waals surface area contributed by atoms with Gasteiger partial charge in [0.05, 0.1) is 12.3 Å². The number of fused-ring (bicyclic) bond motifs is 1. The Bertz CT molecular complexity index is 1040. The molecule has 2 N–H and O–H groups in total. The number of alkyl halides is 3. The first kappa shape index (κ1) is 19.1. The van der Waals surface area contributed by atoms with Gasteiger partial charge in [-0.25, -0.2) is 4.68 Å². The number of benzene rings is 1. The lowest BCUT2D eigenvalue weighted by atomic mass is 10.0. The Morgan fingerprint density at radius 1 is 1.28 bits per heavy atom. The zero-order valence-electron chi connectivity index (χ0n) is 15.7. The summed E-state index contributed by atoms with van der Waals surface area (Å²) in [5, 5.41) is 9.65. The quantitative estimate of drug-likeness (QED) is 0.644. The fourth-order valence-electron chi connectivity index (χ4n) is 3.50. The highest BCUT2D eigenvalue weighted by molar-refractivity contribution is 6.03. The summed E-state index contributed by atoms with van der Waals surface area (Å²) in [6, 6.07) is 7.53. The van der Waals surface area contributed by atoms with E-state index in [1.165, 1.54) is 12.3 Å². The van der Waals surface area contributed by atoms with Gasteiger partial charge in [-0.3, -0.25) is 4.79 Å². The second-order valence-corrected chi connectivity index (χ2v) is 7.14. The van der Waals surface area contributed by atoms with Crippen molar-refractivity contribution in [2.75, 3.05) is 10.6 Å². The monoisotopic (exact) mass is 404 g/mol. The third kappa shape index (κ3) is 3.72. The van der Waals surface area contributed by atoms with Crippen LogP contribution in [0.2, 0.25) is 0 Å². The minimum absolute atomic E-state index is 0.0955. The third-order valence-corrected chi connectivity index (χ3v) is 4.94. The maximum atomic E-state index is 13.7. The van der Waals surface area contributed by atoms with Crippen molar-refractivity contribution in [3.63, 3.8) is 0 Å².